The Morgan fingerprint density at radius 3 is 0.973 bits per heavy atom. The molecule has 5 aromatic carbocycles. The number of carbonyl (C=O) groups is 6. The lowest BCUT2D eigenvalue weighted by Crippen LogP contribution is -2.28. The number of rotatable bonds is 22. The van der Waals surface area contributed by atoms with Gasteiger partial charge in [0.1, 0.15) is 19.8 Å². The summed E-state index contributed by atoms with van der Waals surface area (Å²) in [6, 6.07) is 19.1. The van der Waals surface area contributed by atoms with Gasteiger partial charge in [-0.2, -0.15) is 0 Å². The Labute approximate surface area is 614 Å². The van der Waals surface area contributed by atoms with Crippen LogP contribution in [0.1, 0.15) is 74.5 Å². The number of benzene rings is 5. The van der Waals surface area contributed by atoms with E-state index in [1.54, 1.807) is 24.3 Å². The monoisotopic (exact) mass is 1530 g/mol. The number of aliphatic hydroxyl groups is 5. The summed E-state index contributed by atoms with van der Waals surface area (Å²) in [5.41, 5.74) is -1.50. The Hall–Kier alpha value is -13.0. The van der Waals surface area contributed by atoms with Crippen LogP contribution in [0.5, 0.6) is 0 Å². The minimum Gasteiger partial charge on any atom is -0.465 e. The number of allylic oxidation sites excluding steroid dienone is 1. The highest BCUT2D eigenvalue weighted by Crippen LogP contribution is 2.21. The molecule has 7 N–H and O–H groups in total. The van der Waals surface area contributed by atoms with Crippen LogP contribution in [0.2, 0.25) is 0 Å². The van der Waals surface area contributed by atoms with Crippen LogP contribution in [0.4, 0.5) is 0 Å². The lowest BCUT2D eigenvalue weighted by molar-refractivity contribution is -0.148. The van der Waals surface area contributed by atoms with Crippen LogP contribution >= 0.6 is 0 Å². The molecule has 6 heterocycles. The van der Waals surface area contributed by atoms with Crippen molar-refractivity contribution in [2.75, 3.05) is 80.2 Å². The van der Waals surface area contributed by atoms with Gasteiger partial charge in [0.05, 0.1) is 172 Å². The van der Waals surface area contributed by atoms with E-state index in [1.165, 1.54) is 81.0 Å². The van der Waals surface area contributed by atoms with E-state index in [0.29, 0.717) is 42.7 Å². The average molecular weight is 1530 g/mol. The zero-order chi connectivity index (χ0) is 80.8. The van der Waals surface area contributed by atoms with Crippen LogP contribution in [0.25, 0.3) is 64.6 Å². The number of nitrogens with two attached hydrogens (primary N) is 1. The molecule has 12 rings (SSSR count). The Morgan fingerprint density at radius 1 is 0.382 bits per heavy atom. The van der Waals surface area contributed by atoms with Gasteiger partial charge in [-0.25, -0.2) is 43.2 Å². The van der Waals surface area contributed by atoms with E-state index in [4.69, 9.17) is 50.2 Å². The normalized spacial score (nSPS) is 12.1. The number of hydrogen-bond acceptors (Lipinski definition) is 32. The molecule has 6 aromatic heterocycles. The number of aliphatic hydroxyl groups excluding tert-OH is 5. The summed E-state index contributed by atoms with van der Waals surface area (Å²) in [7, 11) is 2.56. The average Bonchev–Trinajstić information content (AvgIpc) is 1.60. The van der Waals surface area contributed by atoms with E-state index < -0.39 is 103 Å². The SMILES string of the molecule is CCCOC(=O)c1ccc(C(=O)OC)cc1.CCCn1c(=O)c2cc3c(=O)n(CCOC(=O)c4ccc(C(=O)OC)cc4)c(=O)c3cc2c1=O.NCCO.O=C(OCCO)C1=CCC(C(=O)OCCO)C=C1.O=c1c2cc3c(=O)n(CCO)c(=O)c3cc2c(=O)n1CCO.O=c1oc(=O)c2cc3c(=O)oc(=O)c3cc12. The molecule has 1 unspecified atom stereocenters. The van der Waals surface area contributed by atoms with Crippen LogP contribution < -0.4 is 72.7 Å². The van der Waals surface area contributed by atoms with E-state index in [1.807, 2.05) is 13.8 Å². The van der Waals surface area contributed by atoms with E-state index in [9.17, 15) is 86.3 Å². The fourth-order valence-corrected chi connectivity index (χ4v) is 10.8. The van der Waals surface area contributed by atoms with Gasteiger partial charge in [0, 0.05) is 13.1 Å². The van der Waals surface area contributed by atoms with Crippen LogP contribution in [-0.2, 0) is 64.2 Å². The van der Waals surface area contributed by atoms with Crippen molar-refractivity contribution in [1.29, 1.82) is 0 Å². The lowest BCUT2D eigenvalue weighted by atomic mass is 9.97. The molecule has 0 bridgehead atoms. The highest BCUT2D eigenvalue weighted by atomic mass is 16.6. The Morgan fingerprint density at radius 2 is 0.682 bits per heavy atom. The van der Waals surface area contributed by atoms with Crippen molar-refractivity contribution in [3.05, 3.63) is 255 Å². The van der Waals surface area contributed by atoms with Crippen molar-refractivity contribution in [1.82, 2.24) is 18.3 Å². The molecule has 110 heavy (non-hydrogen) atoms. The van der Waals surface area contributed by atoms with Gasteiger partial charge in [-0.15, -0.1) is 0 Å². The maximum atomic E-state index is 12.8. The molecule has 1 atom stereocenters. The Balaban J connectivity index is 0.000000195. The predicted octanol–water partition coefficient (Wildman–Crippen LogP) is -1.10. The third kappa shape index (κ3) is 19.2. The molecule has 0 saturated heterocycles. The molecule has 1 aliphatic rings. The number of fused-ring (bicyclic) bond motifs is 6. The molecule has 36 heteroatoms. The third-order valence-electron chi connectivity index (χ3n) is 16.1. The highest BCUT2D eigenvalue weighted by Gasteiger charge is 2.25. The molecule has 0 amide bonds. The van der Waals surface area contributed by atoms with E-state index in [-0.39, 0.29) is 161 Å². The Bertz CT molecular complexity index is 5590. The van der Waals surface area contributed by atoms with Crippen molar-refractivity contribution in [3.63, 3.8) is 0 Å². The second-order valence-corrected chi connectivity index (χ2v) is 23.2. The summed E-state index contributed by atoms with van der Waals surface area (Å²) in [5.74, 6) is -3.43. The van der Waals surface area contributed by atoms with Gasteiger partial charge in [-0.1, -0.05) is 32.1 Å². The number of furan rings is 2. The van der Waals surface area contributed by atoms with Crippen molar-refractivity contribution in [2.45, 2.75) is 59.3 Å². The molecule has 0 aliphatic heterocycles. The molecule has 36 nitrogen and oxygen atoms in total. The van der Waals surface area contributed by atoms with E-state index in [2.05, 4.69) is 18.3 Å². The van der Waals surface area contributed by atoms with Gasteiger partial charge in [0.15, 0.2) is 0 Å². The van der Waals surface area contributed by atoms with Crippen molar-refractivity contribution >= 4 is 100 Å². The maximum absolute atomic E-state index is 12.8. The first kappa shape index (κ1) is 84.3. The van der Waals surface area contributed by atoms with E-state index in [0.717, 1.165) is 36.8 Å². The van der Waals surface area contributed by atoms with Gasteiger partial charge in [0.2, 0.25) is 0 Å². The molecule has 0 spiro atoms. The van der Waals surface area contributed by atoms with Gasteiger partial charge in [-0.3, -0.25) is 61.4 Å². The number of esters is 6. The lowest BCUT2D eigenvalue weighted by Gasteiger charge is -2.14. The van der Waals surface area contributed by atoms with Crippen molar-refractivity contribution < 1.29 is 91.6 Å². The third-order valence-corrected chi connectivity index (χ3v) is 16.1. The number of carbonyl (C=O) groups excluding carboxylic acids is 6. The number of ether oxygens (including phenoxy) is 6. The zero-order valence-corrected chi connectivity index (χ0v) is 59.1. The summed E-state index contributed by atoms with van der Waals surface area (Å²) >= 11 is 0. The summed E-state index contributed by atoms with van der Waals surface area (Å²) in [6.07, 6.45) is 6.37. The molecular weight excluding hydrogens is 1450 g/mol. The van der Waals surface area contributed by atoms with Crippen LogP contribution in [0.3, 0.4) is 0 Å². The largest absolute Gasteiger partial charge is 0.465 e. The predicted molar refractivity (Wildman–Crippen MR) is 392 cm³/mol. The van der Waals surface area contributed by atoms with Crippen LogP contribution in [0, 0.1) is 5.92 Å². The minimum absolute atomic E-state index is 0.0181. The first-order valence-corrected chi connectivity index (χ1v) is 33.4. The second kappa shape index (κ2) is 39.0. The summed E-state index contributed by atoms with van der Waals surface area (Å²) in [4.78, 5) is 213. The fourth-order valence-electron chi connectivity index (χ4n) is 10.8. The molecule has 578 valence electrons. The summed E-state index contributed by atoms with van der Waals surface area (Å²) < 4.78 is 41.2. The van der Waals surface area contributed by atoms with Gasteiger partial charge < -0.3 is 68.5 Å². The first-order valence-electron chi connectivity index (χ1n) is 33.4. The topological polar surface area (TPSA) is 536 Å². The zero-order valence-electron chi connectivity index (χ0n) is 59.1. The molecular formula is C74H71N5O31. The molecule has 1 aliphatic carbocycles. The smallest absolute Gasteiger partial charge is 0.346 e. The molecule has 0 saturated carbocycles. The highest BCUT2D eigenvalue weighted by molar-refractivity contribution is 6.00. The minimum atomic E-state index is -0.824. The standard InChI is InChI=1S/C24H20N2O8.C14H12N2O6.C12H16O6.C12H14O4.C10H2O6.C2H7NO/c1-3-8-25-19(27)15-11-17-18(12-16(15)20(25)28)22(30)26(21(17)29)9-10-34-24(32)14-6-4-13(5-7-14)23(31)33-2;17-3-1-15-11(19)7-5-9-10(6-8(7)12(15)20)14(22)16(2-4-18)13(9)21;13-5-7-17-11(15)9-1-2-10(4-3-9)12(16)18-8-6-14;1-3-8-16-12(14)10-6-4-9(5-7-10)11(13)15-2;11-7-3-1-4-6(10(14)16-8(4)12)2-5(3)9(13)15-7;3-1-2-4/h4-7,11-12H,3,8-10H2,1-2H3;5-6,17-18H,1-4H2;1-3,10,13-14H,4-8H2;4-7H,3,8H2,1-2H3;1-2H;4H,1-3H2. The molecule has 11 aromatic rings. The quantitative estimate of drug-likeness (QED) is 0.0346. The number of hydrogen-bond donors (Lipinski definition) is 6. The number of aromatic nitrogens is 4. The first-order chi connectivity index (χ1) is 52.6. The van der Waals surface area contributed by atoms with Crippen molar-refractivity contribution in [3.8, 4) is 0 Å². The van der Waals surface area contributed by atoms with Crippen LogP contribution in [-0.4, -0.2) is 160 Å². The van der Waals surface area contributed by atoms with Gasteiger partial charge in [0.25, 0.3) is 44.5 Å². The van der Waals surface area contributed by atoms with Gasteiger partial charge in [-0.05, 0) is 104 Å². The number of nitrogens with zero attached hydrogens (tertiary/aromatic N) is 4. The van der Waals surface area contributed by atoms with E-state index >= 15 is 0 Å². The van der Waals surface area contributed by atoms with Gasteiger partial charge >= 0.3 is 58.3 Å². The second-order valence-electron chi connectivity index (χ2n) is 23.2. The summed E-state index contributed by atoms with van der Waals surface area (Å²) in [5, 5.41) is 43.0. The fraction of sp³-hybridized carbons (Fsp3) is 0.297. The Kier molecular flexibility index (Phi) is 29.9. The van der Waals surface area contributed by atoms with Crippen molar-refractivity contribution in [2.24, 2.45) is 11.7 Å². The maximum Gasteiger partial charge on any atom is 0.346 e. The van der Waals surface area contributed by atoms with Crippen LogP contribution in [0.15, 0.2) is 175 Å². The number of methoxy groups -OCH3 is 2. The molecule has 0 radical (unpaired) electrons. The molecule has 0 fully saturated rings. The summed E-state index contributed by atoms with van der Waals surface area (Å²) in [6.45, 7) is 2.88.